The van der Waals surface area contributed by atoms with Gasteiger partial charge in [0.25, 0.3) is 5.91 Å². The number of nitrogens with one attached hydrogen (secondary N) is 1. The Morgan fingerprint density at radius 3 is 3.00 bits per heavy atom. The number of nitrogens with zero attached hydrogens (tertiary/aromatic N) is 2. The van der Waals surface area contributed by atoms with E-state index in [9.17, 15) is 4.79 Å². The molecule has 0 atom stereocenters. The van der Waals surface area contributed by atoms with Crippen LogP contribution in [0.5, 0.6) is 0 Å². The van der Waals surface area contributed by atoms with Gasteiger partial charge in [-0.05, 0) is 17.5 Å². The Morgan fingerprint density at radius 2 is 2.22 bits per heavy atom. The zero-order chi connectivity index (χ0) is 12.5. The predicted molar refractivity (Wildman–Crippen MR) is 74.7 cm³/mol. The summed E-state index contributed by atoms with van der Waals surface area (Å²) in [5.74, 6) is -0.254. The van der Waals surface area contributed by atoms with E-state index in [1.807, 2.05) is 11.4 Å². The molecular weight excluding hydrogens is 290 g/mol. The quantitative estimate of drug-likeness (QED) is 0.785. The normalized spacial score (nSPS) is 10.7. The third-order valence-corrected chi connectivity index (χ3v) is 4.21. The van der Waals surface area contributed by atoms with Crippen molar-refractivity contribution in [2.75, 3.05) is 5.32 Å². The van der Waals surface area contributed by atoms with Gasteiger partial charge in [-0.2, -0.15) is 0 Å². The summed E-state index contributed by atoms with van der Waals surface area (Å²) in [4.78, 5) is 21.0. The maximum Gasteiger partial charge on any atom is 0.275 e. The topological polar surface area (TPSA) is 54.9 Å². The first-order valence-corrected chi connectivity index (χ1v) is 7.11. The average Bonchev–Trinajstić information content (AvgIpc) is 2.97. The number of carbonyl (C=O) groups excluding carboxylic acids is 1. The molecule has 0 saturated heterocycles. The molecule has 0 fully saturated rings. The minimum absolute atomic E-state index is 0.254. The van der Waals surface area contributed by atoms with Crippen molar-refractivity contribution in [2.45, 2.75) is 0 Å². The minimum Gasteiger partial charge on any atom is -0.320 e. The number of carbonyl (C=O) groups is 1. The summed E-state index contributed by atoms with van der Waals surface area (Å²) in [5.41, 5.74) is 1.06. The van der Waals surface area contributed by atoms with Crippen LogP contribution in [-0.2, 0) is 0 Å². The van der Waals surface area contributed by atoms with E-state index in [4.69, 9.17) is 11.6 Å². The van der Waals surface area contributed by atoms with Crippen LogP contribution in [0.15, 0.2) is 29.2 Å². The summed E-state index contributed by atoms with van der Waals surface area (Å²) in [6.45, 7) is 0. The van der Waals surface area contributed by atoms with E-state index in [1.165, 1.54) is 29.0 Å². The van der Waals surface area contributed by atoms with Gasteiger partial charge in [0.1, 0.15) is 16.9 Å². The van der Waals surface area contributed by atoms with Gasteiger partial charge in [0.15, 0.2) is 0 Å². The molecule has 0 unspecified atom stereocenters. The molecule has 3 rings (SSSR count). The smallest absolute Gasteiger partial charge is 0.275 e. The van der Waals surface area contributed by atoms with E-state index in [1.54, 1.807) is 11.4 Å². The summed E-state index contributed by atoms with van der Waals surface area (Å²) >= 11 is 8.66. The zero-order valence-electron chi connectivity index (χ0n) is 8.88. The molecule has 0 bridgehead atoms. The molecule has 18 heavy (non-hydrogen) atoms. The van der Waals surface area contributed by atoms with Crippen LogP contribution in [0, 0.1) is 0 Å². The van der Waals surface area contributed by atoms with Gasteiger partial charge in [0.05, 0.1) is 10.0 Å². The van der Waals surface area contributed by atoms with Gasteiger partial charge in [0, 0.05) is 10.8 Å². The van der Waals surface area contributed by atoms with Crippen LogP contribution in [0.4, 0.5) is 5.69 Å². The third-order valence-electron chi connectivity index (χ3n) is 2.30. The molecule has 1 N–H and O–H groups in total. The monoisotopic (exact) mass is 295 g/mol. The van der Waals surface area contributed by atoms with E-state index in [0.717, 1.165) is 10.2 Å². The predicted octanol–water partition coefficient (Wildman–Crippen LogP) is 3.66. The van der Waals surface area contributed by atoms with Crippen LogP contribution < -0.4 is 5.32 Å². The van der Waals surface area contributed by atoms with Gasteiger partial charge < -0.3 is 5.32 Å². The molecule has 4 nitrogen and oxygen atoms in total. The minimum atomic E-state index is -0.254. The fraction of sp³-hybridized carbons (Fsp3) is 0. The first-order valence-electron chi connectivity index (χ1n) is 4.97. The molecule has 0 aliphatic carbocycles. The molecule has 3 heterocycles. The first-order chi connectivity index (χ1) is 8.74. The SMILES string of the molecule is O=C(Nc1csc(Cl)c1)c1ncnc2sccc12. The number of amides is 1. The lowest BCUT2D eigenvalue weighted by atomic mass is 10.2. The second-order valence-corrected chi connectivity index (χ2v) is 5.89. The summed E-state index contributed by atoms with van der Waals surface area (Å²) < 4.78 is 0.633. The van der Waals surface area contributed by atoms with E-state index in [-0.39, 0.29) is 5.91 Å². The van der Waals surface area contributed by atoms with Crippen LogP contribution in [0.2, 0.25) is 4.34 Å². The molecule has 0 saturated carbocycles. The largest absolute Gasteiger partial charge is 0.320 e. The Kier molecular flexibility index (Phi) is 2.99. The van der Waals surface area contributed by atoms with Crippen molar-refractivity contribution in [3.63, 3.8) is 0 Å². The number of thiophene rings is 2. The van der Waals surface area contributed by atoms with E-state index < -0.39 is 0 Å². The van der Waals surface area contributed by atoms with Gasteiger partial charge in [-0.25, -0.2) is 9.97 Å². The molecule has 3 aromatic rings. The standard InChI is InChI=1S/C11H6ClN3OS2/c12-8-3-6(4-18-8)15-10(16)9-7-1-2-17-11(7)14-5-13-9/h1-5H,(H,15,16). The van der Waals surface area contributed by atoms with Crippen molar-refractivity contribution >= 4 is 56.1 Å². The lowest BCUT2D eigenvalue weighted by Gasteiger charge is -2.02. The fourth-order valence-electron chi connectivity index (χ4n) is 1.54. The first kappa shape index (κ1) is 11.6. The molecule has 1 amide bonds. The van der Waals surface area contributed by atoms with Gasteiger partial charge in [-0.15, -0.1) is 22.7 Å². The Bertz CT molecular complexity index is 722. The van der Waals surface area contributed by atoms with Crippen LogP contribution in [0.25, 0.3) is 10.2 Å². The number of hydrogen-bond acceptors (Lipinski definition) is 5. The van der Waals surface area contributed by atoms with Crippen molar-refractivity contribution < 1.29 is 4.79 Å². The molecule has 0 radical (unpaired) electrons. The highest BCUT2D eigenvalue weighted by Crippen LogP contribution is 2.25. The Balaban J connectivity index is 1.94. The molecular formula is C11H6ClN3OS2. The Morgan fingerprint density at radius 1 is 1.33 bits per heavy atom. The summed E-state index contributed by atoms with van der Waals surface area (Å²) in [7, 11) is 0. The van der Waals surface area contributed by atoms with E-state index in [0.29, 0.717) is 15.7 Å². The molecule has 0 aliphatic rings. The van der Waals surface area contributed by atoms with Gasteiger partial charge >= 0.3 is 0 Å². The summed E-state index contributed by atoms with van der Waals surface area (Å²) in [6.07, 6.45) is 1.40. The number of rotatable bonds is 2. The molecule has 0 aromatic carbocycles. The number of fused-ring (bicyclic) bond motifs is 1. The van der Waals surface area contributed by atoms with Crippen molar-refractivity contribution in [3.05, 3.63) is 39.3 Å². The van der Waals surface area contributed by atoms with E-state index >= 15 is 0 Å². The van der Waals surface area contributed by atoms with Gasteiger partial charge in [-0.1, -0.05) is 11.6 Å². The summed E-state index contributed by atoms with van der Waals surface area (Å²) in [6, 6.07) is 3.55. The molecule has 90 valence electrons. The van der Waals surface area contributed by atoms with Crippen molar-refractivity contribution in [1.82, 2.24) is 9.97 Å². The van der Waals surface area contributed by atoms with Crippen molar-refractivity contribution in [2.24, 2.45) is 0 Å². The molecule has 0 spiro atoms. The maximum absolute atomic E-state index is 12.1. The molecule has 7 heteroatoms. The van der Waals surface area contributed by atoms with Gasteiger partial charge in [-0.3, -0.25) is 4.79 Å². The van der Waals surface area contributed by atoms with Crippen LogP contribution in [0.1, 0.15) is 10.5 Å². The highest BCUT2D eigenvalue weighted by atomic mass is 35.5. The maximum atomic E-state index is 12.1. The number of hydrogen-bond donors (Lipinski definition) is 1. The van der Waals surface area contributed by atoms with Crippen LogP contribution >= 0.6 is 34.3 Å². The van der Waals surface area contributed by atoms with Crippen LogP contribution in [0.3, 0.4) is 0 Å². The third kappa shape index (κ3) is 2.10. The highest BCUT2D eigenvalue weighted by Gasteiger charge is 2.13. The zero-order valence-corrected chi connectivity index (χ0v) is 11.3. The number of aromatic nitrogens is 2. The Hall–Kier alpha value is -1.50. The lowest BCUT2D eigenvalue weighted by Crippen LogP contribution is -2.13. The second kappa shape index (κ2) is 4.64. The summed E-state index contributed by atoms with van der Waals surface area (Å²) in [5, 5.41) is 7.20. The van der Waals surface area contributed by atoms with Crippen molar-refractivity contribution in [3.8, 4) is 0 Å². The molecule has 3 aromatic heterocycles. The highest BCUT2D eigenvalue weighted by molar-refractivity contribution is 7.16. The number of anilines is 1. The van der Waals surface area contributed by atoms with Crippen LogP contribution in [-0.4, -0.2) is 15.9 Å². The van der Waals surface area contributed by atoms with E-state index in [2.05, 4.69) is 15.3 Å². The number of halogens is 1. The average molecular weight is 296 g/mol. The molecule has 0 aliphatic heterocycles. The fourth-order valence-corrected chi connectivity index (χ4v) is 3.08. The lowest BCUT2D eigenvalue weighted by molar-refractivity contribution is 0.102. The second-order valence-electron chi connectivity index (χ2n) is 3.46. The van der Waals surface area contributed by atoms with Gasteiger partial charge in [0.2, 0.25) is 0 Å². The Labute approximate surface area is 115 Å². The van der Waals surface area contributed by atoms with Crippen molar-refractivity contribution in [1.29, 1.82) is 0 Å².